The van der Waals surface area contributed by atoms with Crippen molar-refractivity contribution in [2.24, 2.45) is 0 Å². The summed E-state index contributed by atoms with van der Waals surface area (Å²) in [5.41, 5.74) is 3.07. The summed E-state index contributed by atoms with van der Waals surface area (Å²) in [6.07, 6.45) is 2.12. The van der Waals surface area contributed by atoms with Gasteiger partial charge in [-0.25, -0.2) is 4.98 Å². The largest absolute Gasteiger partial charge is 0.497 e. The zero-order chi connectivity index (χ0) is 18.8. The van der Waals surface area contributed by atoms with Crippen LogP contribution in [0.4, 0.5) is 5.69 Å². The van der Waals surface area contributed by atoms with Crippen molar-refractivity contribution in [3.63, 3.8) is 0 Å². The zero-order valence-electron chi connectivity index (χ0n) is 15.0. The van der Waals surface area contributed by atoms with Crippen molar-refractivity contribution in [3.05, 3.63) is 64.8 Å². The smallest absolute Gasteiger partial charge is 0.253 e. The SMILES string of the molecule is COc1ccc2cc(CNc3ccccc3C(=O)NC3CC3)c(Cl)nc2c1. The van der Waals surface area contributed by atoms with Crippen LogP contribution in [0.25, 0.3) is 10.9 Å². The molecule has 4 rings (SSSR count). The van der Waals surface area contributed by atoms with E-state index in [1.165, 1.54) is 0 Å². The molecule has 1 aliphatic rings. The molecule has 5 nitrogen and oxygen atoms in total. The van der Waals surface area contributed by atoms with Gasteiger partial charge >= 0.3 is 0 Å². The van der Waals surface area contributed by atoms with Crippen LogP contribution < -0.4 is 15.4 Å². The number of halogens is 1. The Kier molecular flexibility index (Phi) is 4.86. The normalized spacial score (nSPS) is 13.4. The Bertz CT molecular complexity index is 1000. The predicted octanol–water partition coefficient (Wildman–Crippen LogP) is 4.40. The van der Waals surface area contributed by atoms with Gasteiger partial charge in [0.25, 0.3) is 5.91 Å². The first-order chi connectivity index (χ1) is 13.1. The standard InChI is InChI=1S/C21H20ClN3O2/c1-27-16-9-6-13-10-14(20(22)25-19(13)11-16)12-23-18-5-3-2-4-17(18)21(26)24-15-7-8-15/h2-6,9-11,15,23H,7-8,12H2,1H3,(H,24,26). The molecule has 27 heavy (non-hydrogen) atoms. The molecule has 0 saturated heterocycles. The summed E-state index contributed by atoms with van der Waals surface area (Å²) in [5.74, 6) is 0.697. The molecule has 1 aliphatic carbocycles. The summed E-state index contributed by atoms with van der Waals surface area (Å²) >= 11 is 6.37. The van der Waals surface area contributed by atoms with E-state index in [4.69, 9.17) is 16.3 Å². The molecule has 0 radical (unpaired) electrons. The topological polar surface area (TPSA) is 63.2 Å². The molecule has 3 aromatic rings. The van der Waals surface area contributed by atoms with Crippen LogP contribution in [-0.4, -0.2) is 24.0 Å². The number of ether oxygens (including phenoxy) is 1. The molecule has 138 valence electrons. The Labute approximate surface area is 162 Å². The molecule has 2 N–H and O–H groups in total. The molecular formula is C21H20ClN3O2. The Hall–Kier alpha value is -2.79. The maximum Gasteiger partial charge on any atom is 0.253 e. The van der Waals surface area contributed by atoms with Gasteiger partial charge in [0.1, 0.15) is 10.9 Å². The number of hydrogen-bond acceptors (Lipinski definition) is 4. The van der Waals surface area contributed by atoms with E-state index in [1.807, 2.05) is 48.5 Å². The summed E-state index contributed by atoms with van der Waals surface area (Å²) in [5, 5.41) is 7.76. The number of benzene rings is 2. The highest BCUT2D eigenvalue weighted by Gasteiger charge is 2.24. The van der Waals surface area contributed by atoms with Crippen LogP contribution in [0.1, 0.15) is 28.8 Å². The lowest BCUT2D eigenvalue weighted by molar-refractivity contribution is 0.0952. The van der Waals surface area contributed by atoms with Crippen LogP contribution in [0.3, 0.4) is 0 Å². The first kappa shape index (κ1) is 17.6. The van der Waals surface area contributed by atoms with E-state index >= 15 is 0 Å². The second-order valence-electron chi connectivity index (χ2n) is 6.64. The molecule has 2 aromatic carbocycles. The van der Waals surface area contributed by atoms with Crippen molar-refractivity contribution in [2.45, 2.75) is 25.4 Å². The van der Waals surface area contributed by atoms with E-state index in [2.05, 4.69) is 15.6 Å². The molecule has 6 heteroatoms. The molecule has 1 fully saturated rings. The highest BCUT2D eigenvalue weighted by molar-refractivity contribution is 6.30. The fourth-order valence-corrected chi connectivity index (χ4v) is 3.15. The lowest BCUT2D eigenvalue weighted by Crippen LogP contribution is -2.26. The molecule has 0 spiro atoms. The van der Waals surface area contributed by atoms with Crippen LogP contribution in [0.2, 0.25) is 5.15 Å². The first-order valence-corrected chi connectivity index (χ1v) is 9.29. The molecule has 0 unspecified atom stereocenters. The van der Waals surface area contributed by atoms with Crippen molar-refractivity contribution >= 4 is 34.1 Å². The second kappa shape index (κ2) is 7.45. The number of nitrogens with one attached hydrogen (secondary N) is 2. The summed E-state index contributed by atoms with van der Waals surface area (Å²) in [6.45, 7) is 0.474. The summed E-state index contributed by atoms with van der Waals surface area (Å²) in [6, 6.07) is 15.5. The Morgan fingerprint density at radius 1 is 1.22 bits per heavy atom. The van der Waals surface area contributed by atoms with Crippen molar-refractivity contribution < 1.29 is 9.53 Å². The van der Waals surface area contributed by atoms with Gasteiger partial charge in [-0.3, -0.25) is 4.79 Å². The van der Waals surface area contributed by atoms with Crippen LogP contribution in [0, 0.1) is 0 Å². The number of carbonyl (C=O) groups excluding carboxylic acids is 1. The number of hydrogen-bond donors (Lipinski definition) is 2. The number of methoxy groups -OCH3 is 1. The third-order valence-corrected chi connectivity index (χ3v) is 4.93. The molecule has 1 heterocycles. The summed E-state index contributed by atoms with van der Waals surface area (Å²) in [7, 11) is 1.62. The van der Waals surface area contributed by atoms with Gasteiger partial charge in [0.2, 0.25) is 0 Å². The van der Waals surface area contributed by atoms with Crippen LogP contribution >= 0.6 is 11.6 Å². The zero-order valence-corrected chi connectivity index (χ0v) is 15.7. The number of anilines is 1. The highest BCUT2D eigenvalue weighted by atomic mass is 35.5. The fourth-order valence-electron chi connectivity index (χ4n) is 2.93. The minimum Gasteiger partial charge on any atom is -0.497 e. The lowest BCUT2D eigenvalue weighted by Gasteiger charge is -2.13. The average molecular weight is 382 g/mol. The third-order valence-electron chi connectivity index (χ3n) is 4.60. The van der Waals surface area contributed by atoms with Gasteiger partial charge in [0, 0.05) is 35.3 Å². The van der Waals surface area contributed by atoms with Gasteiger partial charge in [0.15, 0.2) is 0 Å². The van der Waals surface area contributed by atoms with Crippen LogP contribution in [0.5, 0.6) is 5.75 Å². The molecule has 0 atom stereocenters. The number of carbonyl (C=O) groups is 1. The number of para-hydroxylation sites is 1. The third kappa shape index (κ3) is 3.98. The maximum atomic E-state index is 12.4. The van der Waals surface area contributed by atoms with Gasteiger partial charge in [-0.05, 0) is 43.2 Å². The van der Waals surface area contributed by atoms with E-state index in [0.29, 0.717) is 23.3 Å². The van der Waals surface area contributed by atoms with E-state index in [1.54, 1.807) is 7.11 Å². The fraction of sp³-hybridized carbons (Fsp3) is 0.238. The summed E-state index contributed by atoms with van der Waals surface area (Å²) in [4.78, 5) is 16.9. The van der Waals surface area contributed by atoms with Gasteiger partial charge in [-0.1, -0.05) is 23.7 Å². The first-order valence-electron chi connectivity index (χ1n) is 8.91. The maximum absolute atomic E-state index is 12.4. The molecular weight excluding hydrogens is 362 g/mol. The van der Waals surface area contributed by atoms with Gasteiger partial charge in [0.05, 0.1) is 18.2 Å². The average Bonchev–Trinajstić information content (AvgIpc) is 3.50. The highest BCUT2D eigenvalue weighted by Crippen LogP contribution is 2.26. The molecule has 1 saturated carbocycles. The van der Waals surface area contributed by atoms with E-state index in [-0.39, 0.29) is 5.91 Å². The van der Waals surface area contributed by atoms with Crippen molar-refractivity contribution in [1.29, 1.82) is 0 Å². The minimum absolute atomic E-state index is 0.0459. The monoisotopic (exact) mass is 381 g/mol. The molecule has 1 amide bonds. The van der Waals surface area contributed by atoms with E-state index in [0.717, 1.165) is 40.7 Å². The molecule has 1 aromatic heterocycles. The molecule has 0 aliphatic heterocycles. The number of fused-ring (bicyclic) bond motifs is 1. The van der Waals surface area contributed by atoms with Crippen molar-refractivity contribution in [3.8, 4) is 5.75 Å². The number of aromatic nitrogens is 1. The number of rotatable bonds is 6. The number of amides is 1. The minimum atomic E-state index is -0.0459. The Morgan fingerprint density at radius 3 is 2.81 bits per heavy atom. The van der Waals surface area contributed by atoms with Crippen LogP contribution in [-0.2, 0) is 6.54 Å². The number of pyridine rings is 1. The van der Waals surface area contributed by atoms with E-state index < -0.39 is 0 Å². The van der Waals surface area contributed by atoms with Gasteiger partial charge in [-0.2, -0.15) is 0 Å². The second-order valence-corrected chi connectivity index (χ2v) is 7.00. The van der Waals surface area contributed by atoms with Crippen molar-refractivity contribution in [1.82, 2.24) is 10.3 Å². The van der Waals surface area contributed by atoms with Crippen molar-refractivity contribution in [2.75, 3.05) is 12.4 Å². The molecule has 0 bridgehead atoms. The predicted molar refractivity (Wildman–Crippen MR) is 108 cm³/mol. The quantitative estimate of drug-likeness (QED) is 0.621. The summed E-state index contributed by atoms with van der Waals surface area (Å²) < 4.78 is 5.23. The lowest BCUT2D eigenvalue weighted by atomic mass is 10.1. The number of nitrogens with zero attached hydrogens (tertiary/aromatic N) is 1. The Morgan fingerprint density at radius 2 is 2.04 bits per heavy atom. The van der Waals surface area contributed by atoms with Gasteiger partial charge in [-0.15, -0.1) is 0 Å². The van der Waals surface area contributed by atoms with Crippen LogP contribution in [0.15, 0.2) is 48.5 Å². The Balaban J connectivity index is 1.55. The van der Waals surface area contributed by atoms with E-state index in [9.17, 15) is 4.79 Å². The van der Waals surface area contributed by atoms with Gasteiger partial charge < -0.3 is 15.4 Å².